The summed E-state index contributed by atoms with van der Waals surface area (Å²) >= 11 is 13.9. The second-order valence-electron chi connectivity index (χ2n) is 8.54. The van der Waals surface area contributed by atoms with Crippen LogP contribution in [0.3, 0.4) is 0 Å². The van der Waals surface area contributed by atoms with E-state index >= 15 is 0 Å². The van der Waals surface area contributed by atoms with Crippen molar-refractivity contribution in [3.05, 3.63) is 64.0 Å². The zero-order chi connectivity index (χ0) is 22.0. The van der Waals surface area contributed by atoms with E-state index in [9.17, 15) is 4.39 Å². The molecule has 0 aliphatic heterocycles. The van der Waals surface area contributed by atoms with Crippen molar-refractivity contribution in [1.82, 2.24) is 0 Å². The highest BCUT2D eigenvalue weighted by atomic mass is 35.5. The number of hydrogen-bond acceptors (Lipinski definition) is 1. The van der Waals surface area contributed by atoms with Gasteiger partial charge >= 0.3 is 0 Å². The molecule has 30 heavy (non-hydrogen) atoms. The summed E-state index contributed by atoms with van der Waals surface area (Å²) in [6.07, 6.45) is 15.3. The SMILES string of the molecule is C=C(CCCCC1(CCCC/C=C\C)CCC(F)C1)C(=C)Sc1cccc(Cl)c1Cl. The van der Waals surface area contributed by atoms with Crippen LogP contribution in [0, 0.1) is 5.41 Å². The minimum Gasteiger partial charge on any atom is -0.247 e. The van der Waals surface area contributed by atoms with Crippen LogP contribution in [0.15, 0.2) is 58.9 Å². The summed E-state index contributed by atoms with van der Waals surface area (Å²) in [5.41, 5.74) is 1.27. The van der Waals surface area contributed by atoms with Crippen LogP contribution in [0.4, 0.5) is 4.39 Å². The van der Waals surface area contributed by atoms with Crippen molar-refractivity contribution in [2.24, 2.45) is 5.41 Å². The molecule has 1 aromatic carbocycles. The first-order chi connectivity index (χ1) is 14.4. The molecular weight excluding hydrogens is 434 g/mol. The maximum Gasteiger partial charge on any atom is 0.101 e. The lowest BCUT2D eigenvalue weighted by Crippen LogP contribution is -2.17. The third-order valence-corrected chi connectivity index (χ3v) is 8.21. The largest absolute Gasteiger partial charge is 0.247 e. The van der Waals surface area contributed by atoms with Crippen molar-refractivity contribution in [3.63, 3.8) is 0 Å². The highest BCUT2D eigenvalue weighted by molar-refractivity contribution is 8.03. The molecule has 1 aliphatic rings. The summed E-state index contributed by atoms with van der Waals surface area (Å²) in [4.78, 5) is 1.84. The maximum atomic E-state index is 14.0. The molecule has 0 bridgehead atoms. The van der Waals surface area contributed by atoms with Gasteiger partial charge in [0.05, 0.1) is 10.0 Å². The second kappa shape index (κ2) is 13.0. The summed E-state index contributed by atoms with van der Waals surface area (Å²) in [5.74, 6) is 0. The van der Waals surface area contributed by atoms with Gasteiger partial charge in [-0.3, -0.25) is 0 Å². The molecular formula is C26H35Cl2FS. The van der Waals surface area contributed by atoms with Gasteiger partial charge in [0.15, 0.2) is 0 Å². The molecule has 166 valence electrons. The second-order valence-corrected chi connectivity index (χ2v) is 10.5. The lowest BCUT2D eigenvalue weighted by molar-refractivity contribution is 0.208. The molecule has 0 nitrogen and oxygen atoms in total. The first kappa shape index (κ1) is 25.6. The summed E-state index contributed by atoms with van der Waals surface area (Å²) in [5, 5.41) is 1.12. The van der Waals surface area contributed by atoms with E-state index in [-0.39, 0.29) is 5.41 Å². The first-order valence-electron chi connectivity index (χ1n) is 11.1. The normalized spacial score (nSPS) is 21.4. The van der Waals surface area contributed by atoms with Crippen LogP contribution >= 0.6 is 35.0 Å². The zero-order valence-corrected chi connectivity index (χ0v) is 20.5. The molecule has 2 rings (SSSR count). The number of hydrogen-bond donors (Lipinski definition) is 0. The lowest BCUT2D eigenvalue weighted by atomic mass is 9.76. The van der Waals surface area contributed by atoms with Gasteiger partial charge in [0.1, 0.15) is 6.17 Å². The fraction of sp³-hybridized carbons (Fsp3) is 0.538. The van der Waals surface area contributed by atoms with Crippen LogP contribution in [0.1, 0.15) is 77.6 Å². The molecule has 0 saturated heterocycles. The van der Waals surface area contributed by atoms with E-state index in [0.29, 0.717) is 10.0 Å². The van der Waals surface area contributed by atoms with Crippen molar-refractivity contribution in [3.8, 4) is 0 Å². The van der Waals surface area contributed by atoms with E-state index in [1.54, 1.807) is 6.07 Å². The molecule has 1 saturated carbocycles. The third kappa shape index (κ3) is 8.09. The molecule has 0 aromatic heterocycles. The van der Waals surface area contributed by atoms with Crippen molar-refractivity contribution >= 4 is 35.0 Å². The average Bonchev–Trinajstić information content (AvgIpc) is 3.09. The maximum absolute atomic E-state index is 14.0. The van der Waals surface area contributed by atoms with Gasteiger partial charge in [0.25, 0.3) is 0 Å². The quantitative estimate of drug-likeness (QED) is 0.120. The molecule has 0 heterocycles. The van der Waals surface area contributed by atoms with Crippen molar-refractivity contribution in [2.45, 2.75) is 88.6 Å². The average molecular weight is 470 g/mol. The highest BCUT2D eigenvalue weighted by Crippen LogP contribution is 2.48. The molecule has 1 aliphatic carbocycles. The first-order valence-corrected chi connectivity index (χ1v) is 12.7. The van der Waals surface area contributed by atoms with Gasteiger partial charge < -0.3 is 0 Å². The molecule has 2 unspecified atom stereocenters. The molecule has 1 fully saturated rings. The number of unbranched alkanes of at least 4 members (excludes halogenated alkanes) is 3. The van der Waals surface area contributed by atoms with Crippen molar-refractivity contribution < 1.29 is 4.39 Å². The number of halogens is 3. The predicted octanol–water partition coefficient (Wildman–Crippen LogP) is 10.4. The van der Waals surface area contributed by atoms with E-state index in [1.165, 1.54) is 31.0 Å². The van der Waals surface area contributed by atoms with E-state index in [2.05, 4.69) is 32.2 Å². The van der Waals surface area contributed by atoms with Crippen LogP contribution in [-0.4, -0.2) is 6.17 Å². The standard InChI is InChI=1S/C26H35Cl2FS/c1-4-5-6-7-9-16-26(18-15-22(29)19-26)17-10-8-12-20(2)21(3)30-24-14-11-13-23(27)25(24)28/h4-5,11,13-14,22H,2-3,6-10,12,15-19H2,1H3/b5-4-. The fourth-order valence-electron chi connectivity index (χ4n) is 4.39. The van der Waals surface area contributed by atoms with Gasteiger partial charge in [-0.2, -0.15) is 0 Å². The topological polar surface area (TPSA) is 0 Å². The summed E-state index contributed by atoms with van der Waals surface area (Å²) < 4.78 is 14.0. The number of allylic oxidation sites excluding steroid dienone is 3. The minimum absolute atomic E-state index is 0.219. The summed E-state index contributed by atoms with van der Waals surface area (Å²) in [6.45, 7) is 10.5. The van der Waals surface area contributed by atoms with Crippen LogP contribution in [0.5, 0.6) is 0 Å². The smallest absolute Gasteiger partial charge is 0.101 e. The predicted molar refractivity (Wildman–Crippen MR) is 134 cm³/mol. The van der Waals surface area contributed by atoms with E-state index in [4.69, 9.17) is 23.2 Å². The Balaban J connectivity index is 1.76. The number of thioether (sulfide) groups is 1. The van der Waals surface area contributed by atoms with E-state index in [0.717, 1.165) is 66.7 Å². The summed E-state index contributed by atoms with van der Waals surface area (Å²) in [7, 11) is 0. The molecule has 4 heteroatoms. The number of rotatable bonds is 13. The van der Waals surface area contributed by atoms with Crippen molar-refractivity contribution in [2.75, 3.05) is 0 Å². The van der Waals surface area contributed by atoms with Gasteiger partial charge in [-0.1, -0.05) is 79.2 Å². The van der Waals surface area contributed by atoms with E-state index in [1.807, 2.05) is 12.1 Å². The Labute approximate surface area is 197 Å². The summed E-state index contributed by atoms with van der Waals surface area (Å²) in [6, 6.07) is 5.63. The number of benzene rings is 1. The monoisotopic (exact) mass is 468 g/mol. The van der Waals surface area contributed by atoms with Gasteiger partial charge in [-0.15, -0.1) is 0 Å². The highest BCUT2D eigenvalue weighted by Gasteiger charge is 2.38. The zero-order valence-electron chi connectivity index (χ0n) is 18.2. The van der Waals surface area contributed by atoms with Crippen LogP contribution in [-0.2, 0) is 0 Å². The molecule has 0 amide bonds. The Kier molecular flexibility index (Phi) is 11.1. The molecule has 0 radical (unpaired) electrons. The van der Waals surface area contributed by atoms with Crippen LogP contribution in [0.2, 0.25) is 10.0 Å². The van der Waals surface area contributed by atoms with Crippen LogP contribution in [0.25, 0.3) is 0 Å². The lowest BCUT2D eigenvalue weighted by Gasteiger charge is -2.29. The Bertz CT molecular complexity index is 743. The van der Waals surface area contributed by atoms with Gasteiger partial charge in [-0.25, -0.2) is 4.39 Å². The van der Waals surface area contributed by atoms with Gasteiger partial charge in [0, 0.05) is 9.80 Å². The molecule has 2 atom stereocenters. The van der Waals surface area contributed by atoms with E-state index < -0.39 is 6.17 Å². The Hall–Kier alpha value is -0.700. The Morgan fingerprint density at radius 3 is 2.60 bits per heavy atom. The third-order valence-electron chi connectivity index (χ3n) is 6.19. The molecule has 0 spiro atoms. The Morgan fingerprint density at radius 1 is 1.20 bits per heavy atom. The van der Waals surface area contributed by atoms with Gasteiger partial charge in [-0.05, 0) is 87.8 Å². The van der Waals surface area contributed by atoms with Gasteiger partial charge in [0.2, 0.25) is 0 Å². The molecule has 1 aromatic rings. The number of alkyl halides is 1. The Morgan fingerprint density at radius 2 is 1.93 bits per heavy atom. The fourth-order valence-corrected chi connectivity index (χ4v) is 5.72. The van der Waals surface area contributed by atoms with Crippen molar-refractivity contribution in [1.29, 1.82) is 0 Å². The molecule has 0 N–H and O–H groups in total. The minimum atomic E-state index is -0.603. The van der Waals surface area contributed by atoms with Crippen LogP contribution < -0.4 is 0 Å².